The average Bonchev–Trinajstić information content (AvgIpc) is 3.11. The van der Waals surface area contributed by atoms with Gasteiger partial charge in [-0.2, -0.15) is 5.10 Å². The van der Waals surface area contributed by atoms with E-state index in [1.807, 2.05) is 24.3 Å². The first-order valence-electron chi connectivity index (χ1n) is 8.40. The predicted octanol–water partition coefficient (Wildman–Crippen LogP) is 4.68. The van der Waals surface area contributed by atoms with Crippen molar-refractivity contribution in [3.8, 4) is 0 Å². The molecule has 4 rings (SSSR count). The summed E-state index contributed by atoms with van der Waals surface area (Å²) in [7, 11) is -3.81. The van der Waals surface area contributed by atoms with Crippen molar-refractivity contribution in [2.75, 3.05) is 4.72 Å². The first kappa shape index (κ1) is 18.5. The molecule has 0 radical (unpaired) electrons. The zero-order valence-electron chi connectivity index (χ0n) is 14.5. The highest BCUT2D eigenvalue weighted by molar-refractivity contribution is 7.92. The van der Waals surface area contributed by atoms with Crippen LogP contribution in [0.1, 0.15) is 5.56 Å². The van der Waals surface area contributed by atoms with Gasteiger partial charge in [0.2, 0.25) is 0 Å². The number of hydrogen-bond acceptors (Lipinski definition) is 3. The van der Waals surface area contributed by atoms with E-state index < -0.39 is 15.8 Å². The molecule has 0 aliphatic heterocycles. The van der Waals surface area contributed by atoms with Crippen LogP contribution in [0.2, 0.25) is 5.02 Å². The van der Waals surface area contributed by atoms with E-state index in [0.29, 0.717) is 0 Å². The average molecular weight is 416 g/mol. The zero-order valence-corrected chi connectivity index (χ0v) is 16.1. The lowest BCUT2D eigenvalue weighted by Gasteiger charge is -2.08. The Bertz CT molecular complexity index is 1250. The molecule has 0 fully saturated rings. The van der Waals surface area contributed by atoms with E-state index in [9.17, 15) is 12.8 Å². The summed E-state index contributed by atoms with van der Waals surface area (Å²) < 4.78 is 43.2. The van der Waals surface area contributed by atoms with Crippen molar-refractivity contribution in [3.05, 3.63) is 89.3 Å². The maximum absolute atomic E-state index is 13.9. The molecule has 0 aliphatic carbocycles. The van der Waals surface area contributed by atoms with Crippen LogP contribution in [0.5, 0.6) is 0 Å². The molecule has 0 unspecified atom stereocenters. The van der Waals surface area contributed by atoms with Gasteiger partial charge in [-0.3, -0.25) is 9.40 Å². The summed E-state index contributed by atoms with van der Waals surface area (Å²) in [6, 6.07) is 18.3. The molecule has 4 aromatic rings. The van der Waals surface area contributed by atoms with Gasteiger partial charge in [0, 0.05) is 22.8 Å². The fourth-order valence-corrected chi connectivity index (χ4v) is 4.13. The summed E-state index contributed by atoms with van der Waals surface area (Å²) in [5, 5.41) is 6.22. The number of benzene rings is 3. The number of rotatable bonds is 5. The van der Waals surface area contributed by atoms with Crippen LogP contribution in [0.25, 0.3) is 10.8 Å². The highest BCUT2D eigenvalue weighted by Crippen LogP contribution is 2.22. The molecule has 0 amide bonds. The van der Waals surface area contributed by atoms with Gasteiger partial charge in [-0.15, -0.1) is 0 Å². The van der Waals surface area contributed by atoms with Crippen molar-refractivity contribution in [1.29, 1.82) is 0 Å². The van der Waals surface area contributed by atoms with Crippen LogP contribution in [0.15, 0.2) is 77.8 Å². The van der Waals surface area contributed by atoms with Gasteiger partial charge in [0.25, 0.3) is 10.0 Å². The number of nitrogens with one attached hydrogen (secondary N) is 1. The van der Waals surface area contributed by atoms with Crippen LogP contribution < -0.4 is 4.72 Å². The largest absolute Gasteiger partial charge is 0.266 e. The summed E-state index contributed by atoms with van der Waals surface area (Å²) >= 11 is 6.03. The van der Waals surface area contributed by atoms with Gasteiger partial charge < -0.3 is 0 Å². The van der Waals surface area contributed by atoms with Crippen LogP contribution in [-0.4, -0.2) is 18.2 Å². The first-order valence-corrected chi connectivity index (χ1v) is 10.3. The summed E-state index contributed by atoms with van der Waals surface area (Å²) in [5.74, 6) is -0.304. The van der Waals surface area contributed by atoms with Gasteiger partial charge in [-0.05, 0) is 35.0 Å². The maximum atomic E-state index is 13.9. The highest BCUT2D eigenvalue weighted by atomic mass is 35.5. The standard InChI is InChI=1S/C20H15ClFN3O2S/c21-18-6-3-7-19(22)17(18)13-25-11-10-20(23-25)24-28(26,27)16-9-8-14-4-1-2-5-15(14)12-16/h1-12H,13H2,(H,23,24). The van der Waals surface area contributed by atoms with Crippen LogP contribution >= 0.6 is 11.6 Å². The Kier molecular flexibility index (Phi) is 4.78. The fourth-order valence-electron chi connectivity index (χ4n) is 2.88. The van der Waals surface area contributed by atoms with E-state index in [0.717, 1.165) is 10.8 Å². The van der Waals surface area contributed by atoms with Crippen LogP contribution in [0.3, 0.4) is 0 Å². The lowest BCUT2D eigenvalue weighted by atomic mass is 10.1. The van der Waals surface area contributed by atoms with Crippen molar-refractivity contribution in [2.45, 2.75) is 11.4 Å². The molecular weight excluding hydrogens is 401 g/mol. The summed E-state index contributed by atoms with van der Waals surface area (Å²) in [6.07, 6.45) is 1.56. The molecule has 1 N–H and O–H groups in total. The molecule has 0 saturated carbocycles. The molecule has 0 atom stereocenters. The Balaban J connectivity index is 1.57. The van der Waals surface area contributed by atoms with Crippen LogP contribution in [-0.2, 0) is 16.6 Å². The van der Waals surface area contributed by atoms with E-state index in [4.69, 9.17) is 11.6 Å². The summed E-state index contributed by atoms with van der Waals surface area (Å²) in [6.45, 7) is 0.0865. The monoisotopic (exact) mass is 415 g/mol. The molecule has 0 bridgehead atoms. The molecule has 5 nitrogen and oxygen atoms in total. The van der Waals surface area contributed by atoms with Crippen molar-refractivity contribution in [3.63, 3.8) is 0 Å². The molecule has 0 saturated heterocycles. The number of nitrogens with zero attached hydrogens (tertiary/aromatic N) is 2. The maximum Gasteiger partial charge on any atom is 0.263 e. The Morgan fingerprint density at radius 1 is 1.00 bits per heavy atom. The fraction of sp³-hybridized carbons (Fsp3) is 0.0500. The molecule has 3 aromatic carbocycles. The minimum absolute atomic E-state index is 0.0865. The topological polar surface area (TPSA) is 64.0 Å². The molecular formula is C20H15ClFN3O2S. The van der Waals surface area contributed by atoms with Gasteiger partial charge >= 0.3 is 0 Å². The number of aromatic nitrogens is 2. The number of anilines is 1. The Morgan fingerprint density at radius 3 is 2.57 bits per heavy atom. The second-order valence-electron chi connectivity index (χ2n) is 6.21. The van der Waals surface area contributed by atoms with E-state index >= 15 is 0 Å². The lowest BCUT2D eigenvalue weighted by Crippen LogP contribution is -2.14. The minimum atomic E-state index is -3.81. The third-order valence-electron chi connectivity index (χ3n) is 4.29. The summed E-state index contributed by atoms with van der Waals surface area (Å²) in [4.78, 5) is 0.137. The van der Waals surface area contributed by atoms with Crippen LogP contribution in [0.4, 0.5) is 10.2 Å². The number of fused-ring (bicyclic) bond motifs is 1. The normalized spacial score (nSPS) is 11.6. The molecule has 0 spiro atoms. The van der Waals surface area contributed by atoms with Gasteiger partial charge in [0.05, 0.1) is 11.4 Å². The smallest absolute Gasteiger partial charge is 0.263 e. The number of hydrogen-bond donors (Lipinski definition) is 1. The van der Waals surface area contributed by atoms with Crippen LogP contribution in [0, 0.1) is 5.82 Å². The number of halogens is 2. The van der Waals surface area contributed by atoms with Gasteiger partial charge in [0.15, 0.2) is 5.82 Å². The molecule has 0 aliphatic rings. The van der Waals surface area contributed by atoms with Crippen molar-refractivity contribution < 1.29 is 12.8 Å². The minimum Gasteiger partial charge on any atom is -0.266 e. The lowest BCUT2D eigenvalue weighted by molar-refractivity contribution is 0.585. The second kappa shape index (κ2) is 7.26. The second-order valence-corrected chi connectivity index (χ2v) is 8.30. The van der Waals surface area contributed by atoms with Gasteiger partial charge in [0.1, 0.15) is 5.82 Å². The quantitative estimate of drug-likeness (QED) is 0.514. The van der Waals surface area contributed by atoms with Crippen molar-refractivity contribution in [2.24, 2.45) is 0 Å². The Labute approximate surface area is 166 Å². The predicted molar refractivity (Wildman–Crippen MR) is 107 cm³/mol. The van der Waals surface area contributed by atoms with Gasteiger partial charge in [-0.1, -0.05) is 48.0 Å². The third kappa shape index (κ3) is 3.72. The summed E-state index contributed by atoms with van der Waals surface area (Å²) in [5.41, 5.74) is 0.288. The highest BCUT2D eigenvalue weighted by Gasteiger charge is 2.16. The van der Waals surface area contributed by atoms with Gasteiger partial charge in [-0.25, -0.2) is 12.8 Å². The molecule has 142 valence electrons. The van der Waals surface area contributed by atoms with Crippen molar-refractivity contribution in [1.82, 2.24) is 9.78 Å². The number of sulfonamides is 1. The van der Waals surface area contributed by atoms with Crippen molar-refractivity contribution >= 4 is 38.2 Å². The Hall–Kier alpha value is -2.90. The molecule has 8 heteroatoms. The molecule has 1 aromatic heterocycles. The SMILES string of the molecule is O=S(=O)(Nc1ccn(Cc2c(F)cccc2Cl)n1)c1ccc2ccccc2c1. The van der Waals surface area contributed by atoms with E-state index in [1.165, 1.54) is 22.9 Å². The van der Waals surface area contributed by atoms with E-state index in [1.54, 1.807) is 30.5 Å². The molecule has 28 heavy (non-hydrogen) atoms. The molecule has 1 heterocycles. The zero-order chi connectivity index (χ0) is 19.7. The van der Waals surface area contributed by atoms with E-state index in [-0.39, 0.29) is 27.8 Å². The van der Waals surface area contributed by atoms with E-state index in [2.05, 4.69) is 9.82 Å². The third-order valence-corrected chi connectivity index (χ3v) is 6.00. The first-order chi connectivity index (χ1) is 13.4. The Morgan fingerprint density at radius 2 is 1.79 bits per heavy atom.